The summed E-state index contributed by atoms with van der Waals surface area (Å²) in [6.07, 6.45) is 0. The summed E-state index contributed by atoms with van der Waals surface area (Å²) >= 11 is 6.21. The summed E-state index contributed by atoms with van der Waals surface area (Å²) in [7, 11) is 1.38. The van der Waals surface area contributed by atoms with E-state index in [4.69, 9.17) is 16.3 Å². The topological polar surface area (TPSA) is 41.6 Å². The molecule has 0 aliphatic carbocycles. The van der Waals surface area contributed by atoms with Crippen LogP contribution >= 0.6 is 11.6 Å². The molecule has 1 unspecified atom stereocenters. The van der Waals surface area contributed by atoms with Gasteiger partial charge in [0.15, 0.2) is 0 Å². The van der Waals surface area contributed by atoms with Crippen molar-refractivity contribution < 1.29 is 9.53 Å². The minimum absolute atomic E-state index is 0.327. The molecule has 0 amide bonds. The van der Waals surface area contributed by atoms with E-state index >= 15 is 0 Å². The zero-order chi connectivity index (χ0) is 13.8. The van der Waals surface area contributed by atoms with E-state index < -0.39 is 0 Å². The molecule has 1 aliphatic rings. The molecule has 1 saturated heterocycles. The highest BCUT2D eigenvalue weighted by Gasteiger charge is 2.17. The number of piperazine rings is 1. The lowest BCUT2D eigenvalue weighted by molar-refractivity contribution is 0.0600. The summed E-state index contributed by atoms with van der Waals surface area (Å²) < 4.78 is 4.73. The first-order valence-electron chi connectivity index (χ1n) is 6.42. The number of hydrogen-bond acceptors (Lipinski definition) is 4. The fourth-order valence-electron chi connectivity index (χ4n) is 2.34. The van der Waals surface area contributed by atoms with Crippen LogP contribution in [-0.4, -0.2) is 43.7 Å². The number of nitrogens with one attached hydrogen (secondary N) is 1. The lowest BCUT2D eigenvalue weighted by Gasteiger charge is -2.32. The predicted octanol–water partition coefficient (Wildman–Crippen LogP) is 1.92. The molecular weight excluding hydrogens is 264 g/mol. The molecule has 0 bridgehead atoms. The van der Waals surface area contributed by atoms with E-state index in [1.165, 1.54) is 7.11 Å². The van der Waals surface area contributed by atoms with E-state index in [2.05, 4.69) is 17.1 Å². The Bertz CT molecular complexity index is 465. The Hall–Kier alpha value is -1.10. The van der Waals surface area contributed by atoms with Crippen LogP contribution in [0.2, 0.25) is 5.02 Å². The molecule has 4 nitrogen and oxygen atoms in total. The summed E-state index contributed by atoms with van der Waals surface area (Å²) in [5.74, 6) is -0.327. The lowest BCUT2D eigenvalue weighted by Crippen LogP contribution is -2.48. The van der Waals surface area contributed by atoms with Gasteiger partial charge in [0.05, 0.1) is 12.7 Å². The highest BCUT2D eigenvalue weighted by atomic mass is 35.5. The lowest BCUT2D eigenvalue weighted by atomic mass is 10.1. The third-order valence-corrected chi connectivity index (χ3v) is 3.68. The van der Waals surface area contributed by atoms with E-state index in [1.54, 1.807) is 12.1 Å². The van der Waals surface area contributed by atoms with Crippen LogP contribution in [0.25, 0.3) is 0 Å². The zero-order valence-corrected chi connectivity index (χ0v) is 12.0. The second-order valence-electron chi connectivity index (χ2n) is 4.89. The first kappa shape index (κ1) is 14.3. The highest BCUT2D eigenvalue weighted by Crippen LogP contribution is 2.20. The molecular formula is C14H19ClN2O2. The van der Waals surface area contributed by atoms with Crippen molar-refractivity contribution in [2.24, 2.45) is 0 Å². The molecule has 104 valence electrons. The number of rotatable bonds is 3. The van der Waals surface area contributed by atoms with E-state index in [-0.39, 0.29) is 5.97 Å². The molecule has 0 aromatic heterocycles. The maximum Gasteiger partial charge on any atom is 0.337 e. The van der Waals surface area contributed by atoms with Crippen molar-refractivity contribution in [3.05, 3.63) is 34.3 Å². The molecule has 19 heavy (non-hydrogen) atoms. The van der Waals surface area contributed by atoms with Crippen LogP contribution in [0.15, 0.2) is 18.2 Å². The summed E-state index contributed by atoms with van der Waals surface area (Å²) in [5, 5.41) is 4.10. The van der Waals surface area contributed by atoms with Gasteiger partial charge < -0.3 is 10.1 Å². The molecule has 0 saturated carbocycles. The van der Waals surface area contributed by atoms with Crippen LogP contribution in [0.4, 0.5) is 0 Å². The first-order valence-corrected chi connectivity index (χ1v) is 6.80. The molecule has 1 aromatic carbocycles. The number of hydrogen-bond donors (Lipinski definition) is 1. The van der Waals surface area contributed by atoms with E-state index in [0.717, 1.165) is 31.7 Å². The maximum absolute atomic E-state index is 11.5. The molecule has 0 radical (unpaired) electrons. The molecule has 2 rings (SSSR count). The van der Waals surface area contributed by atoms with Crippen molar-refractivity contribution >= 4 is 17.6 Å². The predicted molar refractivity (Wildman–Crippen MR) is 75.5 cm³/mol. The molecule has 0 spiro atoms. The Balaban J connectivity index is 2.12. The van der Waals surface area contributed by atoms with Gasteiger partial charge in [-0.15, -0.1) is 0 Å². The second kappa shape index (κ2) is 6.37. The standard InChI is InChI=1S/C14H19ClN2O2/c1-10-8-17(6-5-16-10)9-12-7-11(14(18)19-2)3-4-13(12)15/h3-4,7,10,16H,5-6,8-9H2,1-2H3. The van der Waals surface area contributed by atoms with Crippen molar-refractivity contribution in [1.82, 2.24) is 10.2 Å². The SMILES string of the molecule is COC(=O)c1ccc(Cl)c(CN2CCNC(C)C2)c1. The Morgan fingerprint density at radius 3 is 3.05 bits per heavy atom. The van der Waals surface area contributed by atoms with Crippen molar-refractivity contribution in [3.63, 3.8) is 0 Å². The number of carbonyl (C=O) groups excluding carboxylic acids is 1. The van der Waals surface area contributed by atoms with Crippen LogP contribution in [0.5, 0.6) is 0 Å². The van der Waals surface area contributed by atoms with Crippen LogP contribution in [-0.2, 0) is 11.3 Å². The molecule has 1 fully saturated rings. The van der Waals surface area contributed by atoms with Crippen LogP contribution in [0.3, 0.4) is 0 Å². The molecule has 5 heteroatoms. The van der Waals surface area contributed by atoms with Crippen LogP contribution in [0, 0.1) is 0 Å². The summed E-state index contributed by atoms with van der Waals surface area (Å²) in [6.45, 7) is 5.88. The zero-order valence-electron chi connectivity index (χ0n) is 11.3. The van der Waals surface area contributed by atoms with Gasteiger partial charge in [-0.25, -0.2) is 4.79 Å². The first-order chi connectivity index (χ1) is 9.10. The van der Waals surface area contributed by atoms with Gasteiger partial charge in [-0.3, -0.25) is 4.90 Å². The Labute approximate surface area is 118 Å². The number of benzene rings is 1. The van der Waals surface area contributed by atoms with Gasteiger partial charge in [0.2, 0.25) is 0 Å². The third-order valence-electron chi connectivity index (χ3n) is 3.31. The van der Waals surface area contributed by atoms with E-state index in [1.807, 2.05) is 6.07 Å². The molecule has 1 atom stereocenters. The number of ether oxygens (including phenoxy) is 1. The smallest absolute Gasteiger partial charge is 0.337 e. The monoisotopic (exact) mass is 282 g/mol. The second-order valence-corrected chi connectivity index (χ2v) is 5.30. The Kier molecular flexibility index (Phi) is 4.80. The summed E-state index contributed by atoms with van der Waals surface area (Å²) in [5.41, 5.74) is 1.52. The van der Waals surface area contributed by atoms with Crippen LogP contribution in [0.1, 0.15) is 22.8 Å². The minimum Gasteiger partial charge on any atom is -0.465 e. The molecule has 1 N–H and O–H groups in total. The molecule has 1 heterocycles. The van der Waals surface area contributed by atoms with Crippen molar-refractivity contribution in [3.8, 4) is 0 Å². The number of methoxy groups -OCH3 is 1. The Morgan fingerprint density at radius 1 is 1.58 bits per heavy atom. The average molecular weight is 283 g/mol. The molecule has 1 aliphatic heterocycles. The average Bonchev–Trinajstić information content (AvgIpc) is 2.40. The number of carbonyl (C=O) groups is 1. The minimum atomic E-state index is -0.327. The van der Waals surface area contributed by atoms with Gasteiger partial charge in [0, 0.05) is 37.2 Å². The van der Waals surface area contributed by atoms with Crippen molar-refractivity contribution in [2.45, 2.75) is 19.5 Å². The van der Waals surface area contributed by atoms with E-state index in [0.29, 0.717) is 16.6 Å². The normalized spacial score (nSPS) is 20.3. The highest BCUT2D eigenvalue weighted by molar-refractivity contribution is 6.31. The van der Waals surface area contributed by atoms with Gasteiger partial charge in [-0.05, 0) is 30.7 Å². The summed E-state index contributed by atoms with van der Waals surface area (Å²) in [4.78, 5) is 13.9. The Morgan fingerprint density at radius 2 is 2.37 bits per heavy atom. The van der Waals surface area contributed by atoms with Gasteiger partial charge >= 0.3 is 5.97 Å². The maximum atomic E-state index is 11.5. The van der Waals surface area contributed by atoms with Gasteiger partial charge in [0.25, 0.3) is 0 Å². The fraction of sp³-hybridized carbons (Fsp3) is 0.500. The number of esters is 1. The van der Waals surface area contributed by atoms with Gasteiger partial charge in [-0.2, -0.15) is 0 Å². The quantitative estimate of drug-likeness (QED) is 0.860. The third kappa shape index (κ3) is 3.69. The van der Waals surface area contributed by atoms with E-state index in [9.17, 15) is 4.79 Å². The number of halogens is 1. The van der Waals surface area contributed by atoms with Gasteiger partial charge in [0.1, 0.15) is 0 Å². The number of nitrogens with zero attached hydrogens (tertiary/aromatic N) is 1. The summed E-state index contributed by atoms with van der Waals surface area (Å²) in [6, 6.07) is 5.75. The van der Waals surface area contributed by atoms with Crippen molar-refractivity contribution in [2.75, 3.05) is 26.7 Å². The van der Waals surface area contributed by atoms with Crippen LogP contribution < -0.4 is 5.32 Å². The van der Waals surface area contributed by atoms with Crippen molar-refractivity contribution in [1.29, 1.82) is 0 Å². The molecule has 1 aromatic rings. The fourth-order valence-corrected chi connectivity index (χ4v) is 2.51. The largest absolute Gasteiger partial charge is 0.465 e. The van der Waals surface area contributed by atoms with Gasteiger partial charge in [-0.1, -0.05) is 11.6 Å².